The fourth-order valence-corrected chi connectivity index (χ4v) is 1.84. The van der Waals surface area contributed by atoms with E-state index in [2.05, 4.69) is 0 Å². The number of amides is 1. The van der Waals surface area contributed by atoms with Gasteiger partial charge in [0, 0.05) is 6.54 Å². The summed E-state index contributed by atoms with van der Waals surface area (Å²) < 4.78 is 0. The second-order valence-corrected chi connectivity index (χ2v) is 5.37. The summed E-state index contributed by atoms with van der Waals surface area (Å²) in [5, 5.41) is 8.98. The van der Waals surface area contributed by atoms with Crippen LogP contribution in [-0.4, -0.2) is 40.5 Å². The molecule has 1 rings (SSSR count). The third-order valence-corrected chi connectivity index (χ3v) is 3.02. The van der Waals surface area contributed by atoms with Gasteiger partial charge in [0.2, 0.25) is 5.91 Å². The van der Waals surface area contributed by atoms with Crippen molar-refractivity contribution in [3.05, 3.63) is 0 Å². The molecular weight excluding hydrogens is 208 g/mol. The SMILES string of the molecule is CC(C)(C)[C@@H](N)C(=O)N1CCC[C@@H]1C(=O)O. The first-order valence-corrected chi connectivity index (χ1v) is 5.54. The summed E-state index contributed by atoms with van der Waals surface area (Å²) in [6.45, 7) is 6.13. The number of likely N-dealkylation sites (tertiary alicyclic amines) is 1. The van der Waals surface area contributed by atoms with E-state index in [1.54, 1.807) is 0 Å². The smallest absolute Gasteiger partial charge is 0.326 e. The zero-order valence-electron chi connectivity index (χ0n) is 10.1. The molecule has 16 heavy (non-hydrogen) atoms. The van der Waals surface area contributed by atoms with Gasteiger partial charge in [-0.05, 0) is 18.3 Å². The summed E-state index contributed by atoms with van der Waals surface area (Å²) in [7, 11) is 0. The molecule has 3 N–H and O–H groups in total. The highest BCUT2D eigenvalue weighted by Gasteiger charge is 2.39. The maximum Gasteiger partial charge on any atom is 0.326 e. The molecule has 1 fully saturated rings. The lowest BCUT2D eigenvalue weighted by atomic mass is 9.86. The van der Waals surface area contributed by atoms with Gasteiger partial charge in [-0.1, -0.05) is 20.8 Å². The molecule has 92 valence electrons. The lowest BCUT2D eigenvalue weighted by molar-refractivity contribution is -0.149. The minimum Gasteiger partial charge on any atom is -0.480 e. The van der Waals surface area contributed by atoms with E-state index in [1.807, 2.05) is 20.8 Å². The van der Waals surface area contributed by atoms with Crippen molar-refractivity contribution in [1.82, 2.24) is 4.90 Å². The van der Waals surface area contributed by atoms with Gasteiger partial charge in [-0.15, -0.1) is 0 Å². The van der Waals surface area contributed by atoms with Gasteiger partial charge in [0.25, 0.3) is 0 Å². The van der Waals surface area contributed by atoms with Gasteiger partial charge in [-0.2, -0.15) is 0 Å². The maximum atomic E-state index is 12.0. The molecule has 1 saturated heterocycles. The number of rotatable bonds is 2. The molecule has 0 radical (unpaired) electrons. The van der Waals surface area contributed by atoms with Crippen molar-refractivity contribution < 1.29 is 14.7 Å². The van der Waals surface area contributed by atoms with Gasteiger partial charge in [0.1, 0.15) is 6.04 Å². The molecule has 2 atom stereocenters. The highest BCUT2D eigenvalue weighted by molar-refractivity contribution is 5.87. The number of aliphatic carboxylic acids is 1. The molecule has 0 unspecified atom stereocenters. The van der Waals surface area contributed by atoms with Crippen LogP contribution in [0.4, 0.5) is 0 Å². The summed E-state index contributed by atoms with van der Waals surface area (Å²) in [5.41, 5.74) is 5.51. The molecule has 1 heterocycles. The van der Waals surface area contributed by atoms with Crippen LogP contribution in [-0.2, 0) is 9.59 Å². The van der Waals surface area contributed by atoms with E-state index in [1.165, 1.54) is 4.90 Å². The van der Waals surface area contributed by atoms with Crippen LogP contribution in [0.25, 0.3) is 0 Å². The molecule has 0 bridgehead atoms. The summed E-state index contributed by atoms with van der Waals surface area (Å²) in [6.07, 6.45) is 1.26. The molecule has 0 aromatic carbocycles. The Labute approximate surface area is 95.6 Å². The van der Waals surface area contributed by atoms with E-state index < -0.39 is 18.1 Å². The lowest BCUT2D eigenvalue weighted by Crippen LogP contribution is -2.53. The lowest BCUT2D eigenvalue weighted by Gasteiger charge is -2.31. The monoisotopic (exact) mass is 228 g/mol. The molecule has 1 aliphatic rings. The van der Waals surface area contributed by atoms with E-state index in [9.17, 15) is 9.59 Å². The normalized spacial score (nSPS) is 23.2. The van der Waals surface area contributed by atoms with Gasteiger partial charge >= 0.3 is 5.97 Å². The Morgan fingerprint density at radius 3 is 2.44 bits per heavy atom. The average Bonchev–Trinajstić information content (AvgIpc) is 2.62. The second kappa shape index (κ2) is 4.41. The number of nitrogens with two attached hydrogens (primary N) is 1. The van der Waals surface area contributed by atoms with Crippen LogP contribution in [0, 0.1) is 5.41 Å². The van der Waals surface area contributed by atoms with Crippen molar-refractivity contribution in [2.24, 2.45) is 11.1 Å². The Hall–Kier alpha value is -1.10. The second-order valence-electron chi connectivity index (χ2n) is 5.37. The van der Waals surface area contributed by atoms with E-state index in [0.717, 1.165) is 6.42 Å². The van der Waals surface area contributed by atoms with Crippen molar-refractivity contribution in [2.45, 2.75) is 45.7 Å². The Bertz CT molecular complexity index is 296. The van der Waals surface area contributed by atoms with Crippen LogP contribution in [0.3, 0.4) is 0 Å². The third-order valence-electron chi connectivity index (χ3n) is 3.02. The van der Waals surface area contributed by atoms with E-state index in [0.29, 0.717) is 13.0 Å². The van der Waals surface area contributed by atoms with Gasteiger partial charge in [-0.25, -0.2) is 4.79 Å². The molecule has 1 amide bonds. The largest absolute Gasteiger partial charge is 0.480 e. The highest BCUT2D eigenvalue weighted by atomic mass is 16.4. The number of carboxylic acids is 1. The number of carbonyl (C=O) groups is 2. The molecule has 5 heteroatoms. The van der Waals surface area contributed by atoms with Gasteiger partial charge < -0.3 is 15.7 Å². The number of carbonyl (C=O) groups excluding carboxylic acids is 1. The Balaban J connectivity index is 2.77. The predicted octanol–water partition coefficient (Wildman–Crippen LogP) is 0.435. The first-order valence-electron chi connectivity index (χ1n) is 5.54. The molecule has 0 aromatic heterocycles. The molecule has 1 aliphatic heterocycles. The fraction of sp³-hybridized carbons (Fsp3) is 0.818. The fourth-order valence-electron chi connectivity index (χ4n) is 1.84. The number of hydrogen-bond donors (Lipinski definition) is 2. The van der Waals surface area contributed by atoms with Gasteiger partial charge in [-0.3, -0.25) is 4.79 Å². The molecule has 0 saturated carbocycles. The van der Waals surface area contributed by atoms with E-state index in [-0.39, 0.29) is 11.3 Å². The summed E-state index contributed by atoms with van der Waals surface area (Å²) >= 11 is 0. The predicted molar refractivity (Wildman–Crippen MR) is 59.8 cm³/mol. The van der Waals surface area contributed by atoms with Crippen molar-refractivity contribution in [2.75, 3.05) is 6.54 Å². The summed E-state index contributed by atoms with van der Waals surface area (Å²) in [6, 6.07) is -1.34. The van der Waals surface area contributed by atoms with Gasteiger partial charge in [0.05, 0.1) is 6.04 Å². The minimum absolute atomic E-state index is 0.252. The van der Waals surface area contributed by atoms with Crippen LogP contribution < -0.4 is 5.73 Å². The Kier molecular flexibility index (Phi) is 3.57. The average molecular weight is 228 g/mol. The minimum atomic E-state index is -0.938. The topological polar surface area (TPSA) is 83.6 Å². The van der Waals surface area contributed by atoms with Crippen molar-refractivity contribution in [1.29, 1.82) is 0 Å². The van der Waals surface area contributed by atoms with E-state index in [4.69, 9.17) is 10.8 Å². The number of carboxylic acid groups (broad SMARTS) is 1. The van der Waals surface area contributed by atoms with Gasteiger partial charge in [0.15, 0.2) is 0 Å². The standard InChI is InChI=1S/C11H20N2O3/c1-11(2,3)8(12)9(14)13-6-4-5-7(13)10(15)16/h7-8H,4-6,12H2,1-3H3,(H,15,16)/t7-,8+/m1/s1. The van der Waals surface area contributed by atoms with Crippen LogP contribution >= 0.6 is 0 Å². The molecule has 5 nitrogen and oxygen atoms in total. The summed E-state index contributed by atoms with van der Waals surface area (Å²) in [5.74, 6) is -1.19. The van der Waals surface area contributed by atoms with Crippen molar-refractivity contribution in [3.63, 3.8) is 0 Å². The zero-order valence-corrected chi connectivity index (χ0v) is 10.1. The number of nitrogens with zero attached hydrogens (tertiary/aromatic N) is 1. The summed E-state index contributed by atoms with van der Waals surface area (Å²) in [4.78, 5) is 24.4. The van der Waals surface area contributed by atoms with Crippen molar-refractivity contribution in [3.8, 4) is 0 Å². The van der Waals surface area contributed by atoms with E-state index >= 15 is 0 Å². The molecular formula is C11H20N2O3. The molecule has 0 aromatic rings. The van der Waals surface area contributed by atoms with Crippen molar-refractivity contribution >= 4 is 11.9 Å². The highest BCUT2D eigenvalue weighted by Crippen LogP contribution is 2.24. The van der Waals surface area contributed by atoms with Crippen LogP contribution in [0.1, 0.15) is 33.6 Å². The zero-order chi connectivity index (χ0) is 12.5. The maximum absolute atomic E-state index is 12.0. The van der Waals surface area contributed by atoms with Crippen LogP contribution in [0.15, 0.2) is 0 Å². The van der Waals surface area contributed by atoms with Crippen LogP contribution in [0.5, 0.6) is 0 Å². The third kappa shape index (κ3) is 2.52. The first kappa shape index (κ1) is 13.0. The quantitative estimate of drug-likeness (QED) is 0.718. The first-order chi connectivity index (χ1) is 7.25. The Morgan fingerprint density at radius 1 is 1.44 bits per heavy atom. The van der Waals surface area contributed by atoms with Crippen LogP contribution in [0.2, 0.25) is 0 Å². The molecule has 0 spiro atoms. The Morgan fingerprint density at radius 2 is 2.00 bits per heavy atom. The number of hydrogen-bond acceptors (Lipinski definition) is 3. The molecule has 0 aliphatic carbocycles.